The number of para-hydroxylation sites is 1. The van der Waals surface area contributed by atoms with E-state index in [9.17, 15) is 4.79 Å². The maximum atomic E-state index is 12.2. The first kappa shape index (κ1) is 10.7. The highest BCUT2D eigenvalue weighted by Gasteiger charge is 2.13. The van der Waals surface area contributed by atoms with Gasteiger partial charge in [-0.2, -0.15) is 0 Å². The van der Waals surface area contributed by atoms with Gasteiger partial charge in [-0.05, 0) is 25.5 Å². The molecule has 0 saturated heterocycles. The van der Waals surface area contributed by atoms with Crippen LogP contribution < -0.4 is 5.56 Å². The van der Waals surface area contributed by atoms with E-state index in [2.05, 4.69) is 0 Å². The summed E-state index contributed by atoms with van der Waals surface area (Å²) < 4.78 is 3.63. The number of rotatable bonds is 2. The third-order valence-corrected chi connectivity index (χ3v) is 3.03. The zero-order chi connectivity index (χ0) is 11.7. The lowest BCUT2D eigenvalue weighted by Gasteiger charge is -2.07. The van der Waals surface area contributed by atoms with E-state index in [1.807, 2.05) is 55.9 Å². The molecule has 0 aliphatic heterocycles. The van der Waals surface area contributed by atoms with Gasteiger partial charge in [0.15, 0.2) is 0 Å². The molecule has 0 spiro atoms. The van der Waals surface area contributed by atoms with Crippen LogP contribution in [0.5, 0.6) is 0 Å². The van der Waals surface area contributed by atoms with Crippen LogP contribution in [0.1, 0.15) is 18.2 Å². The van der Waals surface area contributed by atoms with Crippen molar-refractivity contribution in [2.24, 2.45) is 7.05 Å². The van der Waals surface area contributed by atoms with Crippen molar-refractivity contribution < 1.29 is 0 Å². The second kappa shape index (κ2) is 4.00. The van der Waals surface area contributed by atoms with Crippen molar-refractivity contribution in [3.63, 3.8) is 0 Å². The molecular formula is C13H16N2O. The average Bonchev–Trinajstić information content (AvgIpc) is 2.51. The van der Waals surface area contributed by atoms with E-state index in [1.165, 1.54) is 0 Å². The van der Waals surface area contributed by atoms with Crippen LogP contribution in [0.15, 0.2) is 35.1 Å². The summed E-state index contributed by atoms with van der Waals surface area (Å²) in [7, 11) is 1.92. The third-order valence-electron chi connectivity index (χ3n) is 3.03. The van der Waals surface area contributed by atoms with E-state index in [0.717, 1.165) is 23.4 Å². The lowest BCUT2D eigenvalue weighted by atomic mass is 10.2. The second-order valence-corrected chi connectivity index (χ2v) is 3.89. The Morgan fingerprint density at radius 1 is 1.19 bits per heavy atom. The fourth-order valence-electron chi connectivity index (χ4n) is 2.03. The summed E-state index contributed by atoms with van der Waals surface area (Å²) in [6.45, 7) is 4.00. The molecule has 3 nitrogen and oxygen atoms in total. The Balaban J connectivity index is 2.72. The summed E-state index contributed by atoms with van der Waals surface area (Å²) in [5, 5.41) is 0. The second-order valence-electron chi connectivity index (χ2n) is 3.89. The van der Waals surface area contributed by atoms with Gasteiger partial charge in [0.25, 0.3) is 5.56 Å². The molecule has 0 bridgehead atoms. The van der Waals surface area contributed by atoms with E-state index < -0.39 is 0 Å². The van der Waals surface area contributed by atoms with Gasteiger partial charge in [-0.1, -0.05) is 25.1 Å². The molecule has 1 aromatic heterocycles. The molecule has 0 aliphatic rings. The average molecular weight is 216 g/mol. The lowest BCUT2D eigenvalue weighted by molar-refractivity contribution is 0.630. The van der Waals surface area contributed by atoms with Gasteiger partial charge in [-0.3, -0.25) is 9.48 Å². The zero-order valence-corrected chi connectivity index (χ0v) is 9.90. The molecule has 0 saturated carbocycles. The van der Waals surface area contributed by atoms with Crippen LogP contribution in [-0.2, 0) is 13.5 Å². The Labute approximate surface area is 94.9 Å². The van der Waals surface area contributed by atoms with Crippen molar-refractivity contribution in [3.8, 4) is 5.69 Å². The van der Waals surface area contributed by atoms with Crippen LogP contribution in [0.4, 0.5) is 0 Å². The minimum Gasteiger partial charge on any atom is -0.285 e. The van der Waals surface area contributed by atoms with Crippen LogP contribution in [-0.4, -0.2) is 9.36 Å². The molecule has 0 aliphatic carbocycles. The van der Waals surface area contributed by atoms with Crippen molar-refractivity contribution in [1.82, 2.24) is 9.36 Å². The first-order chi connectivity index (χ1) is 7.66. The van der Waals surface area contributed by atoms with Gasteiger partial charge in [-0.25, -0.2) is 4.68 Å². The van der Waals surface area contributed by atoms with Crippen LogP contribution in [0.25, 0.3) is 5.69 Å². The largest absolute Gasteiger partial charge is 0.285 e. The first-order valence-electron chi connectivity index (χ1n) is 5.49. The normalized spacial score (nSPS) is 10.7. The van der Waals surface area contributed by atoms with Gasteiger partial charge in [0.05, 0.1) is 5.69 Å². The maximum Gasteiger partial charge on any atom is 0.274 e. The highest BCUT2D eigenvalue weighted by atomic mass is 16.1. The van der Waals surface area contributed by atoms with Crippen molar-refractivity contribution in [2.75, 3.05) is 0 Å². The Morgan fingerprint density at radius 3 is 2.31 bits per heavy atom. The molecule has 84 valence electrons. The van der Waals surface area contributed by atoms with Crippen molar-refractivity contribution in [2.45, 2.75) is 20.3 Å². The minimum atomic E-state index is 0.0914. The van der Waals surface area contributed by atoms with Crippen LogP contribution >= 0.6 is 0 Å². The van der Waals surface area contributed by atoms with E-state index in [0.29, 0.717) is 0 Å². The SMILES string of the molecule is CCc1c(C)n(C)n(-c2ccccc2)c1=O. The van der Waals surface area contributed by atoms with E-state index in [-0.39, 0.29) is 5.56 Å². The van der Waals surface area contributed by atoms with E-state index in [1.54, 1.807) is 4.68 Å². The van der Waals surface area contributed by atoms with Crippen LogP contribution in [0, 0.1) is 6.92 Å². The fourth-order valence-corrected chi connectivity index (χ4v) is 2.03. The third kappa shape index (κ3) is 1.48. The Kier molecular flexibility index (Phi) is 2.69. The fraction of sp³-hybridized carbons (Fsp3) is 0.308. The van der Waals surface area contributed by atoms with Crippen molar-refractivity contribution >= 4 is 0 Å². The predicted molar refractivity (Wildman–Crippen MR) is 65.1 cm³/mol. The van der Waals surface area contributed by atoms with E-state index >= 15 is 0 Å². The van der Waals surface area contributed by atoms with Crippen LogP contribution in [0.2, 0.25) is 0 Å². The van der Waals surface area contributed by atoms with Crippen molar-refractivity contribution in [1.29, 1.82) is 0 Å². The number of hydrogen-bond acceptors (Lipinski definition) is 1. The number of benzene rings is 1. The summed E-state index contributed by atoms with van der Waals surface area (Å²) in [5.74, 6) is 0. The predicted octanol–water partition coefficient (Wildman–Crippen LogP) is 2.05. The van der Waals surface area contributed by atoms with Gasteiger partial charge in [0.2, 0.25) is 0 Å². The molecule has 3 heteroatoms. The Hall–Kier alpha value is -1.77. The molecule has 2 rings (SSSR count). The van der Waals surface area contributed by atoms with Crippen LogP contribution in [0.3, 0.4) is 0 Å². The smallest absolute Gasteiger partial charge is 0.274 e. The molecule has 1 heterocycles. The summed E-state index contributed by atoms with van der Waals surface area (Å²) >= 11 is 0. The lowest BCUT2D eigenvalue weighted by Crippen LogP contribution is -2.20. The number of nitrogens with zero attached hydrogens (tertiary/aromatic N) is 2. The molecule has 0 atom stereocenters. The van der Waals surface area contributed by atoms with Gasteiger partial charge in [0, 0.05) is 18.3 Å². The topological polar surface area (TPSA) is 26.9 Å². The van der Waals surface area contributed by atoms with E-state index in [4.69, 9.17) is 0 Å². The highest BCUT2D eigenvalue weighted by molar-refractivity contribution is 5.33. The minimum absolute atomic E-state index is 0.0914. The molecule has 2 aromatic rings. The molecule has 16 heavy (non-hydrogen) atoms. The molecule has 0 N–H and O–H groups in total. The first-order valence-corrected chi connectivity index (χ1v) is 5.49. The molecule has 0 amide bonds. The zero-order valence-electron chi connectivity index (χ0n) is 9.90. The van der Waals surface area contributed by atoms with Gasteiger partial charge < -0.3 is 0 Å². The standard InChI is InChI=1S/C13H16N2O/c1-4-12-10(2)14(3)15(13(12)16)11-8-6-5-7-9-11/h5-9H,4H2,1-3H3. The number of hydrogen-bond donors (Lipinski definition) is 0. The molecule has 0 radical (unpaired) electrons. The number of aromatic nitrogens is 2. The summed E-state index contributed by atoms with van der Waals surface area (Å²) in [6, 6.07) is 9.72. The summed E-state index contributed by atoms with van der Waals surface area (Å²) in [4.78, 5) is 12.2. The van der Waals surface area contributed by atoms with Crippen molar-refractivity contribution in [3.05, 3.63) is 51.9 Å². The molecular weight excluding hydrogens is 200 g/mol. The van der Waals surface area contributed by atoms with Gasteiger partial charge in [-0.15, -0.1) is 0 Å². The molecule has 1 aromatic carbocycles. The quantitative estimate of drug-likeness (QED) is 0.754. The van der Waals surface area contributed by atoms with Gasteiger partial charge >= 0.3 is 0 Å². The molecule has 0 fully saturated rings. The molecule has 0 unspecified atom stereocenters. The summed E-state index contributed by atoms with van der Waals surface area (Å²) in [6.07, 6.45) is 0.776. The monoisotopic (exact) mass is 216 g/mol. The Bertz CT molecular complexity index is 549. The highest BCUT2D eigenvalue weighted by Crippen LogP contribution is 2.09. The Morgan fingerprint density at radius 2 is 1.81 bits per heavy atom. The maximum absolute atomic E-state index is 12.2. The summed E-state index contributed by atoms with van der Waals surface area (Å²) in [5.41, 5.74) is 2.94. The van der Waals surface area contributed by atoms with Gasteiger partial charge in [0.1, 0.15) is 0 Å².